The van der Waals surface area contributed by atoms with E-state index in [1.54, 1.807) is 25.7 Å². The van der Waals surface area contributed by atoms with E-state index in [9.17, 15) is 23.6 Å². The fourth-order valence-corrected chi connectivity index (χ4v) is 5.44. The van der Waals surface area contributed by atoms with Crippen LogP contribution in [0.2, 0.25) is 0 Å². The lowest BCUT2D eigenvalue weighted by Gasteiger charge is -2.43. The highest BCUT2D eigenvalue weighted by Crippen LogP contribution is 2.38. The lowest BCUT2D eigenvalue weighted by molar-refractivity contribution is -0.163. The number of piperazine rings is 1. The molecule has 4 amide bonds. The number of anilines is 1. The minimum absolute atomic E-state index is 0.265. The van der Waals surface area contributed by atoms with Crippen molar-refractivity contribution in [2.75, 3.05) is 25.0 Å². The summed E-state index contributed by atoms with van der Waals surface area (Å²) in [5.41, 5.74) is 6.76. The molecule has 1 aliphatic heterocycles. The predicted molar refractivity (Wildman–Crippen MR) is 159 cm³/mol. The number of nitrogens with one attached hydrogen (secondary N) is 2. The molecular weight excluding hydrogens is 537 g/mol. The minimum Gasteiger partial charge on any atom is -0.349 e. The molecule has 10 heteroatoms. The maximum atomic E-state index is 13.7. The Morgan fingerprint density at radius 2 is 1.69 bits per heavy atom. The van der Waals surface area contributed by atoms with Crippen molar-refractivity contribution in [1.29, 1.82) is 0 Å². The fourth-order valence-electron chi connectivity index (χ4n) is 5.44. The van der Waals surface area contributed by atoms with E-state index >= 15 is 0 Å². The number of amides is 4. The van der Waals surface area contributed by atoms with E-state index in [4.69, 9.17) is 5.73 Å². The van der Waals surface area contributed by atoms with Crippen molar-refractivity contribution < 1.29 is 23.6 Å². The normalized spacial score (nSPS) is 21.0. The Balaban J connectivity index is 1.43. The van der Waals surface area contributed by atoms with E-state index in [1.165, 1.54) is 29.2 Å². The van der Waals surface area contributed by atoms with Gasteiger partial charge < -0.3 is 26.2 Å². The third-order valence-electron chi connectivity index (χ3n) is 8.59. The predicted octanol–water partition coefficient (Wildman–Crippen LogP) is 2.95. The molecular formula is C32H42FN5O4. The maximum absolute atomic E-state index is 13.7. The summed E-state index contributed by atoms with van der Waals surface area (Å²) in [6, 6.07) is 13.9. The Morgan fingerprint density at radius 3 is 2.31 bits per heavy atom. The molecule has 42 heavy (non-hydrogen) atoms. The summed E-state index contributed by atoms with van der Waals surface area (Å²) in [5, 5.41) is 5.81. The number of carbonyl (C=O) groups excluding carboxylic acids is 4. The van der Waals surface area contributed by atoms with Crippen LogP contribution in [0.1, 0.15) is 46.1 Å². The molecule has 2 unspecified atom stereocenters. The Bertz CT molecular complexity index is 1290. The molecule has 0 aromatic heterocycles. The summed E-state index contributed by atoms with van der Waals surface area (Å²) in [7, 11) is 0. The molecule has 226 valence electrons. The average molecular weight is 580 g/mol. The van der Waals surface area contributed by atoms with Crippen LogP contribution < -0.4 is 16.4 Å². The van der Waals surface area contributed by atoms with Gasteiger partial charge in [-0.05, 0) is 74.8 Å². The number of hydrogen-bond donors (Lipinski definition) is 3. The molecule has 9 nitrogen and oxygen atoms in total. The number of carbonyl (C=O) groups is 4. The molecule has 0 radical (unpaired) electrons. The van der Waals surface area contributed by atoms with Gasteiger partial charge >= 0.3 is 11.8 Å². The van der Waals surface area contributed by atoms with Crippen LogP contribution in [0, 0.1) is 23.6 Å². The van der Waals surface area contributed by atoms with Crippen molar-refractivity contribution in [2.45, 2.75) is 64.6 Å². The van der Waals surface area contributed by atoms with Gasteiger partial charge in [-0.2, -0.15) is 0 Å². The summed E-state index contributed by atoms with van der Waals surface area (Å²) < 4.78 is 13.2. The number of hydrogen-bond acceptors (Lipinski definition) is 5. The quantitative estimate of drug-likeness (QED) is 0.334. The van der Waals surface area contributed by atoms with Gasteiger partial charge in [0.1, 0.15) is 11.4 Å². The van der Waals surface area contributed by atoms with Crippen LogP contribution in [-0.4, -0.2) is 70.7 Å². The number of halogens is 1. The zero-order valence-corrected chi connectivity index (χ0v) is 24.8. The van der Waals surface area contributed by atoms with Crippen LogP contribution in [0.15, 0.2) is 54.6 Å². The highest BCUT2D eigenvalue weighted by Gasteiger charge is 2.46. The van der Waals surface area contributed by atoms with E-state index in [2.05, 4.69) is 17.6 Å². The molecule has 4 rings (SSSR count). The molecule has 1 heterocycles. The van der Waals surface area contributed by atoms with E-state index in [0.717, 1.165) is 12.0 Å². The van der Waals surface area contributed by atoms with Crippen molar-refractivity contribution in [2.24, 2.45) is 23.5 Å². The van der Waals surface area contributed by atoms with Gasteiger partial charge in [-0.1, -0.05) is 44.2 Å². The van der Waals surface area contributed by atoms with Crippen LogP contribution in [0.25, 0.3) is 0 Å². The van der Waals surface area contributed by atoms with Crippen molar-refractivity contribution in [3.63, 3.8) is 0 Å². The van der Waals surface area contributed by atoms with Gasteiger partial charge in [0.05, 0.1) is 0 Å². The van der Waals surface area contributed by atoms with Crippen molar-refractivity contribution in [3.05, 3.63) is 66.0 Å². The van der Waals surface area contributed by atoms with Gasteiger partial charge in [0.15, 0.2) is 0 Å². The Labute approximate surface area is 247 Å². The second-order valence-corrected chi connectivity index (χ2v) is 12.3. The zero-order valence-electron chi connectivity index (χ0n) is 24.8. The molecule has 2 fully saturated rings. The molecule has 0 spiro atoms. The monoisotopic (exact) mass is 579 g/mol. The van der Waals surface area contributed by atoms with E-state index in [1.807, 2.05) is 30.3 Å². The van der Waals surface area contributed by atoms with Crippen LogP contribution in [-0.2, 0) is 25.6 Å². The second-order valence-electron chi connectivity index (χ2n) is 12.3. The minimum atomic E-state index is -1.30. The van der Waals surface area contributed by atoms with Gasteiger partial charge in [-0.15, -0.1) is 0 Å². The molecule has 1 saturated carbocycles. The number of nitrogens with zero attached hydrogens (tertiary/aromatic N) is 2. The first-order chi connectivity index (χ1) is 19.9. The van der Waals surface area contributed by atoms with Crippen molar-refractivity contribution in [3.8, 4) is 0 Å². The molecule has 5 atom stereocenters. The van der Waals surface area contributed by atoms with Gasteiger partial charge in [0, 0.05) is 43.3 Å². The third-order valence-corrected chi connectivity index (χ3v) is 8.59. The number of benzene rings is 2. The lowest BCUT2D eigenvalue weighted by atomic mass is 9.90. The topological polar surface area (TPSA) is 125 Å². The molecule has 2 aliphatic rings. The molecule has 2 aromatic carbocycles. The zero-order chi connectivity index (χ0) is 30.6. The summed E-state index contributed by atoms with van der Waals surface area (Å²) in [6.07, 6.45) is 1.74. The van der Waals surface area contributed by atoms with E-state index in [-0.39, 0.29) is 18.9 Å². The lowest BCUT2D eigenvalue weighted by Crippen LogP contribution is -2.66. The van der Waals surface area contributed by atoms with Crippen molar-refractivity contribution in [1.82, 2.24) is 15.1 Å². The molecule has 4 N–H and O–H groups in total. The van der Waals surface area contributed by atoms with Gasteiger partial charge in [-0.3, -0.25) is 19.2 Å². The van der Waals surface area contributed by atoms with Crippen LogP contribution in [0.4, 0.5) is 10.1 Å². The van der Waals surface area contributed by atoms with Crippen molar-refractivity contribution >= 4 is 29.3 Å². The highest BCUT2D eigenvalue weighted by molar-refractivity contribution is 6.36. The van der Waals surface area contributed by atoms with Crippen LogP contribution >= 0.6 is 0 Å². The summed E-state index contributed by atoms with van der Waals surface area (Å²) >= 11 is 0. The van der Waals surface area contributed by atoms with E-state index < -0.39 is 47.1 Å². The second kappa shape index (κ2) is 13.0. The molecule has 1 aliphatic carbocycles. The molecule has 2 aromatic rings. The summed E-state index contributed by atoms with van der Waals surface area (Å²) in [4.78, 5) is 55.6. The Kier molecular flexibility index (Phi) is 9.66. The molecule has 0 bridgehead atoms. The summed E-state index contributed by atoms with van der Waals surface area (Å²) in [5.74, 6) is -1.84. The third kappa shape index (κ3) is 7.53. The molecule has 1 saturated heterocycles. The van der Waals surface area contributed by atoms with E-state index in [0.29, 0.717) is 37.0 Å². The SMILES string of the molecule is CC1CC1CN1CCN(C(C)(C)C(=O)N[C@@H](Cc2ccccc2)[C@@H](N)C[C@@H](C)C(=O)Nc2ccc(F)cc2)C(=O)C1=O. The fraction of sp³-hybridized carbons (Fsp3) is 0.500. The smallest absolute Gasteiger partial charge is 0.313 e. The average Bonchev–Trinajstić information content (AvgIpc) is 3.66. The Morgan fingerprint density at radius 1 is 1.05 bits per heavy atom. The standard InChI is InChI=1S/C32H42FN5O4/c1-20-16-23(20)19-37-14-15-38(30(41)29(37)40)32(3,4)31(42)36-27(18-22-8-6-5-7-9-22)26(34)17-21(2)28(39)35-25-12-10-24(33)11-13-25/h5-13,20-21,23,26-27H,14-19,34H2,1-4H3,(H,35,39)(H,36,42)/t20?,21-,23?,26+,27+/m1/s1. The van der Waals surface area contributed by atoms with Gasteiger partial charge in [0.2, 0.25) is 11.8 Å². The largest absolute Gasteiger partial charge is 0.349 e. The van der Waals surface area contributed by atoms with Crippen LogP contribution in [0.3, 0.4) is 0 Å². The van der Waals surface area contributed by atoms with Crippen LogP contribution in [0.5, 0.6) is 0 Å². The Hall–Kier alpha value is -3.79. The first-order valence-electron chi connectivity index (χ1n) is 14.6. The number of nitrogens with two attached hydrogens (primary N) is 1. The first kappa shape index (κ1) is 31.2. The maximum Gasteiger partial charge on any atom is 0.313 e. The first-order valence-corrected chi connectivity index (χ1v) is 14.6. The highest BCUT2D eigenvalue weighted by atomic mass is 19.1. The van der Waals surface area contributed by atoms with Gasteiger partial charge in [-0.25, -0.2) is 4.39 Å². The van der Waals surface area contributed by atoms with Gasteiger partial charge in [0.25, 0.3) is 0 Å². The number of rotatable bonds is 12. The summed E-state index contributed by atoms with van der Waals surface area (Å²) in [6.45, 7) is 8.38.